The minimum atomic E-state index is -0.736. The van der Waals surface area contributed by atoms with Crippen LogP contribution in [0.15, 0.2) is 48.7 Å². The lowest BCUT2D eigenvalue weighted by Gasteiger charge is -2.16. The summed E-state index contributed by atoms with van der Waals surface area (Å²) in [6, 6.07) is 12.4. The third-order valence-electron chi connectivity index (χ3n) is 4.91. The van der Waals surface area contributed by atoms with E-state index in [0.29, 0.717) is 25.1 Å². The zero-order chi connectivity index (χ0) is 19.9. The molecule has 2 aromatic rings. The molecule has 1 fully saturated rings. The minimum Gasteiger partial charge on any atom is -0.497 e. The molecule has 0 aliphatic heterocycles. The molecule has 0 saturated heterocycles. The van der Waals surface area contributed by atoms with Crippen molar-refractivity contribution in [3.8, 4) is 5.75 Å². The average Bonchev–Trinajstić information content (AvgIpc) is 3.07. The fourth-order valence-electron chi connectivity index (χ4n) is 3.44. The summed E-state index contributed by atoms with van der Waals surface area (Å²) in [5.41, 5.74) is 1.60. The maximum atomic E-state index is 12.4. The van der Waals surface area contributed by atoms with Crippen molar-refractivity contribution in [3.05, 3.63) is 59.9 Å². The van der Waals surface area contributed by atoms with E-state index in [9.17, 15) is 14.7 Å². The molecule has 7 heteroatoms. The summed E-state index contributed by atoms with van der Waals surface area (Å²) < 4.78 is 5.16. The van der Waals surface area contributed by atoms with Gasteiger partial charge in [0.15, 0.2) is 0 Å². The van der Waals surface area contributed by atoms with Crippen LogP contribution in [0.4, 0.5) is 0 Å². The highest BCUT2D eigenvalue weighted by atomic mass is 16.5. The maximum absolute atomic E-state index is 12.4. The summed E-state index contributed by atoms with van der Waals surface area (Å²) >= 11 is 0. The fraction of sp³-hybridized carbons (Fsp3) is 0.381. The molecule has 1 aromatic carbocycles. The molecule has 1 saturated carbocycles. The second-order valence-electron chi connectivity index (χ2n) is 6.98. The van der Waals surface area contributed by atoms with Crippen LogP contribution in [0.25, 0.3) is 0 Å². The number of carbonyl (C=O) groups excluding carboxylic acids is 2. The van der Waals surface area contributed by atoms with Gasteiger partial charge in [0.25, 0.3) is 0 Å². The lowest BCUT2D eigenvalue weighted by Crippen LogP contribution is -2.40. The lowest BCUT2D eigenvalue weighted by molar-refractivity contribution is -0.125. The molecule has 0 radical (unpaired) electrons. The Morgan fingerprint density at radius 3 is 2.82 bits per heavy atom. The summed E-state index contributed by atoms with van der Waals surface area (Å²) in [5.74, 6) is 0.0396. The van der Waals surface area contributed by atoms with Gasteiger partial charge in [-0.3, -0.25) is 14.6 Å². The molecule has 0 unspecified atom stereocenters. The van der Waals surface area contributed by atoms with E-state index in [0.717, 1.165) is 11.3 Å². The van der Waals surface area contributed by atoms with E-state index in [1.54, 1.807) is 19.4 Å². The Morgan fingerprint density at radius 1 is 1.21 bits per heavy atom. The van der Waals surface area contributed by atoms with Gasteiger partial charge in [-0.2, -0.15) is 0 Å². The van der Waals surface area contributed by atoms with Crippen LogP contribution in [0.5, 0.6) is 5.75 Å². The number of nitrogens with zero attached hydrogens (tertiary/aromatic N) is 1. The first-order chi connectivity index (χ1) is 13.5. The monoisotopic (exact) mass is 383 g/mol. The number of hydrogen-bond acceptors (Lipinski definition) is 5. The van der Waals surface area contributed by atoms with Gasteiger partial charge < -0.3 is 20.5 Å². The van der Waals surface area contributed by atoms with E-state index in [-0.39, 0.29) is 24.2 Å². The number of benzene rings is 1. The van der Waals surface area contributed by atoms with Crippen molar-refractivity contribution in [1.82, 2.24) is 15.6 Å². The third kappa shape index (κ3) is 5.29. The molecular formula is C21H25N3O4. The van der Waals surface area contributed by atoms with Crippen LogP contribution in [-0.2, 0) is 22.6 Å². The Labute approximate surface area is 164 Å². The zero-order valence-electron chi connectivity index (χ0n) is 15.8. The predicted octanol–water partition coefficient (Wildman–Crippen LogP) is 1.20. The number of methoxy groups -OCH3 is 1. The molecule has 28 heavy (non-hydrogen) atoms. The van der Waals surface area contributed by atoms with Crippen LogP contribution >= 0.6 is 0 Å². The van der Waals surface area contributed by atoms with Crippen molar-refractivity contribution in [3.63, 3.8) is 0 Å². The van der Waals surface area contributed by atoms with Gasteiger partial charge in [-0.15, -0.1) is 0 Å². The number of aromatic nitrogens is 1. The van der Waals surface area contributed by atoms with Crippen molar-refractivity contribution in [2.75, 3.05) is 7.11 Å². The standard InChI is InChI=1S/C21H25N3O4/c1-28-17-7-4-5-14(9-17)10-20(26)24-18-11-15(12-19(18)25)21(27)23-13-16-6-2-3-8-22-16/h2-9,15,18-19,25H,10-13H2,1H3,(H,23,27)(H,24,26)/t15-,18-,19-/m0/s1. The first-order valence-electron chi connectivity index (χ1n) is 9.33. The molecule has 3 atom stereocenters. The number of aliphatic hydroxyl groups is 1. The highest BCUT2D eigenvalue weighted by Crippen LogP contribution is 2.26. The van der Waals surface area contributed by atoms with E-state index in [4.69, 9.17) is 4.74 Å². The number of carbonyl (C=O) groups is 2. The van der Waals surface area contributed by atoms with Crippen LogP contribution in [-0.4, -0.2) is 41.2 Å². The molecule has 7 nitrogen and oxygen atoms in total. The number of pyridine rings is 1. The first-order valence-corrected chi connectivity index (χ1v) is 9.33. The molecule has 3 N–H and O–H groups in total. The van der Waals surface area contributed by atoms with Crippen LogP contribution in [0.1, 0.15) is 24.1 Å². The fourth-order valence-corrected chi connectivity index (χ4v) is 3.44. The number of ether oxygens (including phenoxy) is 1. The molecule has 1 aliphatic rings. The van der Waals surface area contributed by atoms with Crippen molar-refractivity contribution in [1.29, 1.82) is 0 Å². The van der Waals surface area contributed by atoms with Crippen LogP contribution in [0.3, 0.4) is 0 Å². The van der Waals surface area contributed by atoms with Crippen molar-refractivity contribution >= 4 is 11.8 Å². The molecule has 2 amide bonds. The largest absolute Gasteiger partial charge is 0.497 e. The Bertz CT molecular complexity index is 812. The van der Waals surface area contributed by atoms with Gasteiger partial charge in [0.05, 0.1) is 37.9 Å². The minimum absolute atomic E-state index is 0.130. The van der Waals surface area contributed by atoms with Gasteiger partial charge in [-0.05, 0) is 42.7 Å². The smallest absolute Gasteiger partial charge is 0.224 e. The number of rotatable bonds is 7. The van der Waals surface area contributed by atoms with Gasteiger partial charge in [-0.1, -0.05) is 18.2 Å². The lowest BCUT2D eigenvalue weighted by atomic mass is 10.1. The summed E-state index contributed by atoms with van der Waals surface area (Å²) in [6.07, 6.45) is 1.88. The van der Waals surface area contributed by atoms with Crippen molar-refractivity contribution in [2.24, 2.45) is 5.92 Å². The second kappa shape index (κ2) is 9.32. The molecule has 1 aliphatic carbocycles. The number of hydrogen-bond donors (Lipinski definition) is 3. The van der Waals surface area contributed by atoms with Gasteiger partial charge in [0.1, 0.15) is 5.75 Å². The predicted molar refractivity (Wildman–Crippen MR) is 103 cm³/mol. The number of amides is 2. The highest BCUT2D eigenvalue weighted by Gasteiger charge is 2.37. The average molecular weight is 383 g/mol. The van der Waals surface area contributed by atoms with E-state index in [2.05, 4.69) is 15.6 Å². The van der Waals surface area contributed by atoms with Gasteiger partial charge in [-0.25, -0.2) is 0 Å². The van der Waals surface area contributed by atoms with E-state index < -0.39 is 12.1 Å². The van der Waals surface area contributed by atoms with Gasteiger partial charge >= 0.3 is 0 Å². The van der Waals surface area contributed by atoms with Crippen LogP contribution in [0, 0.1) is 5.92 Å². The zero-order valence-corrected chi connectivity index (χ0v) is 15.8. The van der Waals surface area contributed by atoms with Crippen LogP contribution in [0.2, 0.25) is 0 Å². The molecule has 3 rings (SSSR count). The first kappa shape index (κ1) is 19.8. The van der Waals surface area contributed by atoms with Gasteiger partial charge in [0.2, 0.25) is 11.8 Å². The van der Waals surface area contributed by atoms with Crippen LogP contribution < -0.4 is 15.4 Å². The Hall–Kier alpha value is -2.93. The summed E-state index contributed by atoms with van der Waals surface area (Å²) in [7, 11) is 1.58. The quantitative estimate of drug-likeness (QED) is 0.667. The number of aliphatic hydroxyl groups excluding tert-OH is 1. The van der Waals surface area contributed by atoms with E-state index >= 15 is 0 Å². The second-order valence-corrected chi connectivity index (χ2v) is 6.98. The maximum Gasteiger partial charge on any atom is 0.224 e. The molecular weight excluding hydrogens is 358 g/mol. The topological polar surface area (TPSA) is 101 Å². The molecule has 1 aromatic heterocycles. The third-order valence-corrected chi connectivity index (χ3v) is 4.91. The van der Waals surface area contributed by atoms with Crippen molar-refractivity contribution < 1.29 is 19.4 Å². The molecule has 0 bridgehead atoms. The van der Waals surface area contributed by atoms with Crippen molar-refractivity contribution in [2.45, 2.75) is 38.0 Å². The summed E-state index contributed by atoms with van der Waals surface area (Å²) in [4.78, 5) is 28.9. The molecule has 1 heterocycles. The molecule has 148 valence electrons. The normalized spacial score (nSPS) is 21.1. The SMILES string of the molecule is COc1cccc(CC(=O)N[C@H]2C[C@H](C(=O)NCc3ccccn3)C[C@@H]2O)c1. The van der Waals surface area contributed by atoms with E-state index in [1.165, 1.54) is 0 Å². The summed E-state index contributed by atoms with van der Waals surface area (Å²) in [5, 5.41) is 16.0. The molecule has 0 spiro atoms. The Morgan fingerprint density at radius 2 is 2.07 bits per heavy atom. The Balaban J connectivity index is 1.48. The summed E-state index contributed by atoms with van der Waals surface area (Å²) in [6.45, 7) is 0.346. The number of nitrogens with one attached hydrogen (secondary N) is 2. The van der Waals surface area contributed by atoms with Gasteiger partial charge in [0, 0.05) is 12.1 Å². The highest BCUT2D eigenvalue weighted by molar-refractivity contribution is 5.81. The van der Waals surface area contributed by atoms with E-state index in [1.807, 2.05) is 36.4 Å². The Kier molecular flexibility index (Phi) is 6.60.